The molecule has 4 rings (SSSR count). The summed E-state index contributed by atoms with van der Waals surface area (Å²) in [5.41, 5.74) is 4.75. The monoisotopic (exact) mass is 451 g/mol. The van der Waals surface area contributed by atoms with E-state index in [1.807, 2.05) is 12.1 Å². The lowest BCUT2D eigenvalue weighted by Crippen LogP contribution is -2.16. The SMILES string of the molecule is CC(CC1CCC(CCc2ccc(/C=C/c3ccc(C#N)cc3F)cc2)CC1)c1ccccc1. The molecule has 174 valence electrons. The Bertz CT molecular complexity index is 1120. The van der Waals surface area contributed by atoms with E-state index in [-0.39, 0.29) is 5.82 Å². The average molecular weight is 452 g/mol. The third-order valence-electron chi connectivity index (χ3n) is 7.43. The van der Waals surface area contributed by atoms with Gasteiger partial charge in [-0.3, -0.25) is 0 Å². The van der Waals surface area contributed by atoms with Gasteiger partial charge in [0, 0.05) is 5.56 Å². The number of rotatable bonds is 8. The predicted molar refractivity (Wildman–Crippen MR) is 140 cm³/mol. The highest BCUT2D eigenvalue weighted by Crippen LogP contribution is 2.37. The van der Waals surface area contributed by atoms with E-state index in [0.717, 1.165) is 23.8 Å². The van der Waals surface area contributed by atoms with E-state index in [1.54, 1.807) is 18.2 Å². The third kappa shape index (κ3) is 6.67. The van der Waals surface area contributed by atoms with Gasteiger partial charge in [-0.05, 0) is 65.8 Å². The van der Waals surface area contributed by atoms with Crippen molar-refractivity contribution in [2.75, 3.05) is 0 Å². The van der Waals surface area contributed by atoms with Crippen molar-refractivity contribution in [1.82, 2.24) is 0 Å². The number of benzene rings is 3. The van der Waals surface area contributed by atoms with Crippen molar-refractivity contribution in [3.05, 3.63) is 106 Å². The first kappa shape index (κ1) is 24.0. The normalized spacial score (nSPS) is 19.1. The third-order valence-corrected chi connectivity index (χ3v) is 7.43. The van der Waals surface area contributed by atoms with Crippen LogP contribution in [0.5, 0.6) is 0 Å². The molecular formula is C32H34FN. The standard InChI is InChI=1S/C32H34FN/c1-24(30-5-3-2-4-6-30)21-28-15-13-26(14-16-28)8-7-25-9-11-27(12-10-25)17-19-31-20-18-29(23-34)22-32(31)33/h2-6,9-12,17-20,22,24,26,28H,7-8,13-16,21H2,1H3/b19-17+. The Kier molecular flexibility index (Phi) is 8.31. The largest absolute Gasteiger partial charge is 0.206 e. The second-order valence-corrected chi connectivity index (χ2v) is 9.90. The van der Waals surface area contributed by atoms with Crippen LogP contribution in [0.3, 0.4) is 0 Å². The first-order chi connectivity index (χ1) is 16.6. The second kappa shape index (κ2) is 11.8. The molecular weight excluding hydrogens is 417 g/mol. The Balaban J connectivity index is 1.21. The zero-order valence-corrected chi connectivity index (χ0v) is 20.1. The average Bonchev–Trinajstić information content (AvgIpc) is 2.88. The predicted octanol–water partition coefficient (Wildman–Crippen LogP) is 8.80. The summed E-state index contributed by atoms with van der Waals surface area (Å²) < 4.78 is 14.0. The minimum Gasteiger partial charge on any atom is -0.206 e. The molecule has 0 heterocycles. The summed E-state index contributed by atoms with van der Waals surface area (Å²) in [6.45, 7) is 2.38. The maximum atomic E-state index is 14.0. The summed E-state index contributed by atoms with van der Waals surface area (Å²) in [4.78, 5) is 0. The molecule has 1 unspecified atom stereocenters. The van der Waals surface area contributed by atoms with Crippen LogP contribution >= 0.6 is 0 Å². The molecule has 0 radical (unpaired) electrons. The molecule has 0 spiro atoms. The van der Waals surface area contributed by atoms with Gasteiger partial charge in [0.25, 0.3) is 0 Å². The molecule has 0 aliphatic heterocycles. The van der Waals surface area contributed by atoms with Crippen molar-refractivity contribution in [3.63, 3.8) is 0 Å². The van der Waals surface area contributed by atoms with Gasteiger partial charge in [-0.15, -0.1) is 0 Å². The van der Waals surface area contributed by atoms with Gasteiger partial charge >= 0.3 is 0 Å². The number of hydrogen-bond donors (Lipinski definition) is 0. The molecule has 1 atom stereocenters. The highest BCUT2D eigenvalue weighted by molar-refractivity contribution is 5.70. The van der Waals surface area contributed by atoms with Crippen LogP contribution in [-0.2, 0) is 6.42 Å². The van der Waals surface area contributed by atoms with Gasteiger partial charge in [-0.2, -0.15) is 5.26 Å². The minimum absolute atomic E-state index is 0.342. The number of nitriles is 1. The molecule has 3 aromatic carbocycles. The van der Waals surface area contributed by atoms with E-state index < -0.39 is 0 Å². The molecule has 1 aliphatic carbocycles. The summed E-state index contributed by atoms with van der Waals surface area (Å²) in [6.07, 6.45) is 12.9. The Morgan fingerprint density at radius 1 is 0.912 bits per heavy atom. The van der Waals surface area contributed by atoms with Crippen molar-refractivity contribution >= 4 is 12.2 Å². The van der Waals surface area contributed by atoms with Crippen LogP contribution in [0.2, 0.25) is 0 Å². The van der Waals surface area contributed by atoms with Crippen molar-refractivity contribution in [3.8, 4) is 6.07 Å². The van der Waals surface area contributed by atoms with Crippen LogP contribution in [0.1, 0.15) is 79.2 Å². The lowest BCUT2D eigenvalue weighted by molar-refractivity contribution is 0.245. The number of aryl methyl sites for hydroxylation is 1. The van der Waals surface area contributed by atoms with Crippen LogP contribution in [0.25, 0.3) is 12.2 Å². The smallest absolute Gasteiger partial charge is 0.131 e. The molecule has 2 heteroatoms. The summed E-state index contributed by atoms with van der Waals surface area (Å²) in [7, 11) is 0. The maximum absolute atomic E-state index is 14.0. The van der Waals surface area contributed by atoms with E-state index >= 15 is 0 Å². The summed E-state index contributed by atoms with van der Waals surface area (Å²) in [6, 6.07) is 26.1. The van der Waals surface area contributed by atoms with Crippen molar-refractivity contribution in [2.24, 2.45) is 11.8 Å². The lowest BCUT2D eigenvalue weighted by atomic mass is 9.76. The van der Waals surface area contributed by atoms with Gasteiger partial charge in [0.15, 0.2) is 0 Å². The molecule has 3 aromatic rings. The van der Waals surface area contributed by atoms with Gasteiger partial charge in [0.2, 0.25) is 0 Å². The van der Waals surface area contributed by atoms with Crippen molar-refractivity contribution < 1.29 is 4.39 Å². The quantitative estimate of drug-likeness (QED) is 0.314. The Labute approximate surface area is 204 Å². The molecule has 34 heavy (non-hydrogen) atoms. The van der Waals surface area contributed by atoms with Gasteiger partial charge in [0.05, 0.1) is 11.6 Å². The zero-order chi connectivity index (χ0) is 23.8. The van der Waals surface area contributed by atoms with E-state index in [2.05, 4.69) is 61.5 Å². The molecule has 0 bridgehead atoms. The van der Waals surface area contributed by atoms with Crippen LogP contribution in [0.15, 0.2) is 72.8 Å². The minimum atomic E-state index is -0.365. The zero-order valence-electron chi connectivity index (χ0n) is 20.1. The van der Waals surface area contributed by atoms with E-state index in [4.69, 9.17) is 5.26 Å². The Morgan fingerprint density at radius 3 is 2.29 bits per heavy atom. The number of nitrogens with zero attached hydrogens (tertiary/aromatic N) is 1. The van der Waals surface area contributed by atoms with Gasteiger partial charge in [-0.25, -0.2) is 4.39 Å². The van der Waals surface area contributed by atoms with Crippen LogP contribution < -0.4 is 0 Å². The second-order valence-electron chi connectivity index (χ2n) is 9.90. The summed E-state index contributed by atoms with van der Waals surface area (Å²) >= 11 is 0. The maximum Gasteiger partial charge on any atom is 0.131 e. The molecule has 0 aromatic heterocycles. The molecule has 1 nitrogen and oxygen atoms in total. The highest BCUT2D eigenvalue weighted by atomic mass is 19.1. The van der Waals surface area contributed by atoms with Crippen molar-refractivity contribution in [1.29, 1.82) is 5.26 Å². The lowest BCUT2D eigenvalue weighted by Gasteiger charge is -2.30. The fourth-order valence-corrected chi connectivity index (χ4v) is 5.26. The van der Waals surface area contributed by atoms with Gasteiger partial charge < -0.3 is 0 Å². The molecule has 0 N–H and O–H groups in total. The van der Waals surface area contributed by atoms with Gasteiger partial charge in [-0.1, -0.05) is 105 Å². The summed E-state index contributed by atoms with van der Waals surface area (Å²) in [5.74, 6) is 2.01. The summed E-state index contributed by atoms with van der Waals surface area (Å²) in [5, 5.41) is 8.86. The number of hydrogen-bond acceptors (Lipinski definition) is 1. The molecule has 0 saturated heterocycles. The first-order valence-corrected chi connectivity index (χ1v) is 12.6. The Hall–Kier alpha value is -3.18. The highest BCUT2D eigenvalue weighted by Gasteiger charge is 2.23. The molecule has 1 saturated carbocycles. The van der Waals surface area contributed by atoms with Crippen molar-refractivity contribution in [2.45, 2.75) is 57.8 Å². The molecule has 0 amide bonds. The van der Waals surface area contributed by atoms with Crippen LogP contribution in [0.4, 0.5) is 4.39 Å². The fourth-order valence-electron chi connectivity index (χ4n) is 5.26. The van der Waals surface area contributed by atoms with Crippen LogP contribution in [-0.4, -0.2) is 0 Å². The molecule has 1 fully saturated rings. The number of halogens is 1. The van der Waals surface area contributed by atoms with E-state index in [0.29, 0.717) is 17.0 Å². The van der Waals surface area contributed by atoms with Gasteiger partial charge in [0.1, 0.15) is 5.82 Å². The molecule has 1 aliphatic rings. The van der Waals surface area contributed by atoms with Crippen LogP contribution in [0, 0.1) is 29.0 Å². The topological polar surface area (TPSA) is 23.8 Å². The fraction of sp³-hybridized carbons (Fsp3) is 0.344. The van der Waals surface area contributed by atoms with E-state index in [1.165, 1.54) is 55.7 Å². The first-order valence-electron chi connectivity index (χ1n) is 12.6. The Morgan fingerprint density at radius 2 is 1.62 bits per heavy atom. The van der Waals surface area contributed by atoms with E-state index in [9.17, 15) is 4.39 Å².